The number of thiophene rings is 1. The van der Waals surface area contributed by atoms with Gasteiger partial charge in [-0.25, -0.2) is 4.39 Å². The number of halogens is 1. The van der Waals surface area contributed by atoms with Crippen molar-refractivity contribution in [2.75, 3.05) is 4.90 Å². The second-order valence-electron chi connectivity index (χ2n) is 7.71. The van der Waals surface area contributed by atoms with Crippen LogP contribution in [0.1, 0.15) is 27.4 Å². The van der Waals surface area contributed by atoms with Gasteiger partial charge in [0.15, 0.2) is 11.2 Å². The SMILES string of the molecule is N#CC1(C#N)[C@H](c2ccsc2)[C@@H](C(=O)c2ccc(F)cc2)N2c3ccccc3C=C[C@@H]21. The number of hydrogen-bond acceptors (Lipinski definition) is 5. The molecule has 0 amide bonds. The average molecular weight is 425 g/mol. The van der Waals surface area contributed by atoms with Gasteiger partial charge in [-0.3, -0.25) is 4.79 Å². The van der Waals surface area contributed by atoms with E-state index in [-0.39, 0.29) is 5.78 Å². The van der Waals surface area contributed by atoms with E-state index in [1.165, 1.54) is 35.6 Å². The number of fused-ring (bicyclic) bond motifs is 3. The Balaban J connectivity index is 1.77. The minimum Gasteiger partial charge on any atom is -0.351 e. The molecule has 0 spiro atoms. The van der Waals surface area contributed by atoms with Crippen molar-refractivity contribution in [1.82, 2.24) is 0 Å². The van der Waals surface area contributed by atoms with Crippen LogP contribution < -0.4 is 4.90 Å². The van der Waals surface area contributed by atoms with Gasteiger partial charge in [-0.2, -0.15) is 21.9 Å². The fourth-order valence-electron chi connectivity index (χ4n) is 4.84. The summed E-state index contributed by atoms with van der Waals surface area (Å²) in [4.78, 5) is 15.8. The van der Waals surface area contributed by atoms with Crippen LogP contribution in [0, 0.1) is 33.9 Å². The highest BCUT2D eigenvalue weighted by Gasteiger charge is 2.63. The predicted octanol–water partition coefficient (Wildman–Crippen LogP) is 5.17. The highest BCUT2D eigenvalue weighted by molar-refractivity contribution is 7.08. The molecule has 31 heavy (non-hydrogen) atoms. The maximum absolute atomic E-state index is 13.8. The van der Waals surface area contributed by atoms with Crippen LogP contribution in [-0.2, 0) is 0 Å². The number of benzene rings is 2. The van der Waals surface area contributed by atoms with E-state index in [9.17, 15) is 19.7 Å². The van der Waals surface area contributed by atoms with Crippen LogP contribution in [-0.4, -0.2) is 17.9 Å². The Bertz CT molecular complexity index is 1250. The van der Waals surface area contributed by atoms with E-state index < -0.39 is 29.2 Å². The Labute approximate surface area is 183 Å². The van der Waals surface area contributed by atoms with Crippen LogP contribution in [0.25, 0.3) is 6.08 Å². The molecule has 1 fully saturated rings. The van der Waals surface area contributed by atoms with E-state index in [0.29, 0.717) is 5.56 Å². The number of hydrogen-bond donors (Lipinski definition) is 0. The average Bonchev–Trinajstić information content (AvgIpc) is 3.43. The lowest BCUT2D eigenvalue weighted by atomic mass is 9.69. The van der Waals surface area contributed by atoms with Crippen LogP contribution in [0.4, 0.5) is 10.1 Å². The Kier molecular flexibility index (Phi) is 4.46. The Morgan fingerprint density at radius 1 is 1.06 bits per heavy atom. The van der Waals surface area contributed by atoms with E-state index in [4.69, 9.17) is 0 Å². The fourth-order valence-corrected chi connectivity index (χ4v) is 5.54. The minimum atomic E-state index is -1.45. The number of carbonyl (C=O) groups is 1. The predicted molar refractivity (Wildman–Crippen MR) is 117 cm³/mol. The Morgan fingerprint density at radius 3 is 2.48 bits per heavy atom. The molecular formula is C25H16FN3OS. The Morgan fingerprint density at radius 2 is 1.81 bits per heavy atom. The molecule has 3 atom stereocenters. The summed E-state index contributed by atoms with van der Waals surface area (Å²) in [6.45, 7) is 0. The van der Waals surface area contributed by atoms with Crippen LogP contribution in [0.2, 0.25) is 0 Å². The number of carbonyl (C=O) groups excluding carboxylic acids is 1. The van der Waals surface area contributed by atoms with Crippen molar-refractivity contribution >= 4 is 28.9 Å². The number of para-hydroxylation sites is 1. The maximum atomic E-state index is 13.8. The third-order valence-corrected chi connectivity index (χ3v) is 6.92. The zero-order valence-electron chi connectivity index (χ0n) is 16.3. The molecule has 0 radical (unpaired) electrons. The first-order valence-electron chi connectivity index (χ1n) is 9.80. The molecule has 3 heterocycles. The van der Waals surface area contributed by atoms with Crippen molar-refractivity contribution in [2.45, 2.75) is 18.0 Å². The number of Topliss-reactive ketones (excluding diaryl/α,β-unsaturated/α-hetero) is 1. The number of nitrogens with zero attached hydrogens (tertiary/aromatic N) is 3. The summed E-state index contributed by atoms with van der Waals surface area (Å²) in [7, 11) is 0. The highest BCUT2D eigenvalue weighted by atomic mass is 32.1. The van der Waals surface area contributed by atoms with Crippen molar-refractivity contribution in [3.8, 4) is 12.1 Å². The van der Waals surface area contributed by atoms with Gasteiger partial charge < -0.3 is 4.90 Å². The number of ketones is 1. The van der Waals surface area contributed by atoms with E-state index in [1.807, 2.05) is 58.1 Å². The molecule has 6 heteroatoms. The van der Waals surface area contributed by atoms with Gasteiger partial charge in [0.05, 0.1) is 18.2 Å². The van der Waals surface area contributed by atoms with Crippen molar-refractivity contribution in [1.29, 1.82) is 10.5 Å². The van der Waals surface area contributed by atoms with Crippen LogP contribution in [0.3, 0.4) is 0 Å². The van der Waals surface area contributed by atoms with E-state index >= 15 is 0 Å². The summed E-state index contributed by atoms with van der Waals surface area (Å²) in [6.07, 6.45) is 3.77. The molecule has 1 aromatic heterocycles. The molecule has 4 nitrogen and oxygen atoms in total. The molecule has 0 aliphatic carbocycles. The summed E-state index contributed by atoms with van der Waals surface area (Å²) in [6, 6.07) is 18.1. The maximum Gasteiger partial charge on any atom is 0.185 e. The third-order valence-electron chi connectivity index (χ3n) is 6.21. The summed E-state index contributed by atoms with van der Waals surface area (Å²) in [5.74, 6) is -1.32. The van der Waals surface area contributed by atoms with Crippen molar-refractivity contribution in [2.24, 2.45) is 5.41 Å². The first-order valence-corrected chi connectivity index (χ1v) is 10.7. The van der Waals surface area contributed by atoms with Gasteiger partial charge in [0.2, 0.25) is 0 Å². The summed E-state index contributed by atoms with van der Waals surface area (Å²) in [5, 5.41) is 24.4. The lowest BCUT2D eigenvalue weighted by molar-refractivity contribution is 0.0951. The van der Waals surface area contributed by atoms with Gasteiger partial charge in [-0.05, 0) is 58.3 Å². The molecule has 0 N–H and O–H groups in total. The molecule has 150 valence electrons. The minimum absolute atomic E-state index is 0.237. The largest absolute Gasteiger partial charge is 0.351 e. The van der Waals surface area contributed by atoms with Crippen LogP contribution in [0.5, 0.6) is 0 Å². The standard InChI is InChI=1S/C25H16FN3OS/c26-19-8-5-17(6-9-19)24(30)23-22(18-11-12-31-13-18)25(14-27,15-28)21-10-7-16-3-1-2-4-20(16)29(21)23/h1-13,21-23H/t21-,22-,23+/m1/s1. The highest BCUT2D eigenvalue weighted by Crippen LogP contribution is 2.55. The third kappa shape index (κ3) is 2.73. The molecule has 2 aromatic carbocycles. The van der Waals surface area contributed by atoms with Gasteiger partial charge in [0.25, 0.3) is 0 Å². The van der Waals surface area contributed by atoms with Crippen molar-refractivity contribution < 1.29 is 9.18 Å². The zero-order chi connectivity index (χ0) is 21.6. The summed E-state index contributed by atoms with van der Waals surface area (Å²) >= 11 is 1.46. The summed E-state index contributed by atoms with van der Waals surface area (Å²) < 4.78 is 13.5. The second-order valence-corrected chi connectivity index (χ2v) is 8.49. The topological polar surface area (TPSA) is 67.9 Å². The van der Waals surface area contributed by atoms with Crippen molar-refractivity contribution in [3.05, 3.63) is 93.9 Å². The van der Waals surface area contributed by atoms with E-state index in [1.54, 1.807) is 0 Å². The molecule has 0 saturated carbocycles. The van der Waals surface area contributed by atoms with Gasteiger partial charge in [-0.15, -0.1) is 0 Å². The Hall–Kier alpha value is -3.74. The van der Waals surface area contributed by atoms with Crippen LogP contribution in [0.15, 0.2) is 71.4 Å². The second kappa shape index (κ2) is 7.19. The van der Waals surface area contributed by atoms with Gasteiger partial charge in [-0.1, -0.05) is 30.4 Å². The first kappa shape index (κ1) is 19.2. The molecule has 2 aliphatic heterocycles. The first-order chi connectivity index (χ1) is 15.1. The quantitative estimate of drug-likeness (QED) is 0.543. The molecule has 1 saturated heterocycles. The molecule has 3 aromatic rings. The monoisotopic (exact) mass is 425 g/mol. The van der Waals surface area contributed by atoms with E-state index in [2.05, 4.69) is 12.1 Å². The normalized spacial score (nSPS) is 22.8. The van der Waals surface area contributed by atoms with Gasteiger partial charge in [0, 0.05) is 17.2 Å². The number of rotatable bonds is 3. The van der Waals surface area contributed by atoms with Crippen molar-refractivity contribution in [3.63, 3.8) is 0 Å². The molecule has 0 unspecified atom stereocenters. The molecular weight excluding hydrogens is 409 g/mol. The molecule has 0 bridgehead atoms. The number of nitriles is 2. The molecule has 2 aliphatic rings. The van der Waals surface area contributed by atoms with Gasteiger partial charge in [0.1, 0.15) is 11.9 Å². The molecule has 5 rings (SSSR count). The summed E-state index contributed by atoms with van der Waals surface area (Å²) in [5.41, 5.74) is 1.42. The zero-order valence-corrected chi connectivity index (χ0v) is 17.1. The van der Waals surface area contributed by atoms with Gasteiger partial charge >= 0.3 is 0 Å². The van der Waals surface area contributed by atoms with E-state index in [0.717, 1.165) is 16.8 Å². The smallest absolute Gasteiger partial charge is 0.185 e. The fraction of sp³-hybridized carbons (Fsp3) is 0.160. The number of anilines is 1. The lowest BCUT2D eigenvalue weighted by Crippen LogP contribution is -2.44. The lowest BCUT2D eigenvalue weighted by Gasteiger charge is -2.35. The van der Waals surface area contributed by atoms with Crippen LogP contribution >= 0.6 is 11.3 Å².